The predicted molar refractivity (Wildman–Crippen MR) is 79.5 cm³/mol. The number of ether oxygens (including phenoxy) is 4. The molecule has 0 fully saturated rings. The van der Waals surface area contributed by atoms with E-state index >= 15 is 0 Å². The molecule has 4 rings (SSSR count). The standard InChI is InChI=1S/C17H14O6/c1-20-10-5-11(18)17-12(19)7-14(23-16(17)6-10)9-2-3-13-15(4-9)22-8-21-13/h2-6,14,18H,7-8H2,1H3/t14-/m1/s1. The van der Waals surface area contributed by atoms with E-state index in [4.69, 9.17) is 18.9 Å². The van der Waals surface area contributed by atoms with Crippen molar-refractivity contribution in [3.8, 4) is 28.7 Å². The number of hydrogen-bond donors (Lipinski definition) is 1. The fourth-order valence-electron chi connectivity index (χ4n) is 2.83. The van der Waals surface area contributed by atoms with Crippen LogP contribution in [0.25, 0.3) is 0 Å². The number of carbonyl (C=O) groups excluding carboxylic acids is 1. The molecule has 1 atom stereocenters. The Bertz CT molecular complexity index is 798. The van der Waals surface area contributed by atoms with E-state index in [1.54, 1.807) is 12.1 Å². The predicted octanol–water partition coefficient (Wildman–Crippen LogP) is 2.84. The molecule has 2 aliphatic rings. The number of ketones is 1. The van der Waals surface area contributed by atoms with Crippen molar-refractivity contribution in [1.82, 2.24) is 0 Å². The van der Waals surface area contributed by atoms with Gasteiger partial charge in [0.1, 0.15) is 28.9 Å². The zero-order valence-corrected chi connectivity index (χ0v) is 12.4. The third-order valence-corrected chi connectivity index (χ3v) is 3.98. The van der Waals surface area contributed by atoms with Crippen LogP contribution >= 0.6 is 0 Å². The summed E-state index contributed by atoms with van der Waals surface area (Å²) in [6.45, 7) is 0.192. The highest BCUT2D eigenvalue weighted by Crippen LogP contribution is 2.43. The Morgan fingerprint density at radius 3 is 2.78 bits per heavy atom. The first-order chi connectivity index (χ1) is 11.2. The van der Waals surface area contributed by atoms with Crippen LogP contribution in [0.1, 0.15) is 28.4 Å². The fraction of sp³-hybridized carbons (Fsp3) is 0.235. The minimum atomic E-state index is -0.448. The fourth-order valence-corrected chi connectivity index (χ4v) is 2.83. The lowest BCUT2D eigenvalue weighted by Gasteiger charge is -2.26. The highest BCUT2D eigenvalue weighted by Gasteiger charge is 2.31. The van der Waals surface area contributed by atoms with Gasteiger partial charge in [-0.05, 0) is 17.7 Å². The minimum Gasteiger partial charge on any atom is -0.507 e. The van der Waals surface area contributed by atoms with Gasteiger partial charge >= 0.3 is 0 Å². The number of methoxy groups -OCH3 is 1. The number of hydrogen-bond acceptors (Lipinski definition) is 6. The maximum Gasteiger partial charge on any atom is 0.231 e. The van der Waals surface area contributed by atoms with Crippen LogP contribution in [-0.2, 0) is 0 Å². The average molecular weight is 314 g/mol. The van der Waals surface area contributed by atoms with E-state index in [1.165, 1.54) is 13.2 Å². The normalized spacial score (nSPS) is 18.3. The third-order valence-electron chi connectivity index (χ3n) is 3.98. The molecule has 118 valence electrons. The molecule has 6 nitrogen and oxygen atoms in total. The lowest BCUT2D eigenvalue weighted by atomic mass is 9.95. The average Bonchev–Trinajstić information content (AvgIpc) is 3.01. The van der Waals surface area contributed by atoms with Gasteiger partial charge < -0.3 is 24.1 Å². The number of fused-ring (bicyclic) bond motifs is 2. The van der Waals surface area contributed by atoms with Crippen molar-refractivity contribution < 1.29 is 28.8 Å². The molecule has 0 aliphatic carbocycles. The molecule has 2 aromatic carbocycles. The summed E-state index contributed by atoms with van der Waals surface area (Å²) in [4.78, 5) is 12.4. The topological polar surface area (TPSA) is 74.2 Å². The van der Waals surface area contributed by atoms with E-state index in [1.807, 2.05) is 12.1 Å². The molecule has 2 heterocycles. The molecule has 6 heteroatoms. The van der Waals surface area contributed by atoms with E-state index in [9.17, 15) is 9.90 Å². The third kappa shape index (κ3) is 2.23. The Labute approximate surface area is 132 Å². The van der Waals surface area contributed by atoms with Gasteiger partial charge in [0.05, 0.1) is 13.5 Å². The second-order valence-corrected chi connectivity index (χ2v) is 5.37. The van der Waals surface area contributed by atoms with Crippen LogP contribution in [0, 0.1) is 0 Å². The Morgan fingerprint density at radius 2 is 1.96 bits per heavy atom. The molecule has 1 N–H and O–H groups in total. The second-order valence-electron chi connectivity index (χ2n) is 5.37. The summed E-state index contributed by atoms with van der Waals surface area (Å²) in [7, 11) is 1.49. The number of carbonyl (C=O) groups is 1. The van der Waals surface area contributed by atoms with Crippen molar-refractivity contribution in [2.45, 2.75) is 12.5 Å². The zero-order chi connectivity index (χ0) is 16.0. The quantitative estimate of drug-likeness (QED) is 0.919. The van der Waals surface area contributed by atoms with Crippen molar-refractivity contribution in [3.63, 3.8) is 0 Å². The van der Waals surface area contributed by atoms with Gasteiger partial charge in [0.25, 0.3) is 0 Å². The molecule has 0 saturated heterocycles. The van der Waals surface area contributed by atoms with Gasteiger partial charge in [0.2, 0.25) is 6.79 Å². The van der Waals surface area contributed by atoms with Crippen molar-refractivity contribution >= 4 is 5.78 Å². The monoisotopic (exact) mass is 314 g/mol. The lowest BCUT2D eigenvalue weighted by molar-refractivity contribution is 0.0844. The molecule has 0 saturated carbocycles. The van der Waals surface area contributed by atoms with Gasteiger partial charge in [-0.15, -0.1) is 0 Å². The maximum atomic E-state index is 12.4. The van der Waals surface area contributed by atoms with Crippen LogP contribution < -0.4 is 18.9 Å². The van der Waals surface area contributed by atoms with E-state index in [0.29, 0.717) is 23.0 Å². The molecule has 0 aromatic heterocycles. The van der Waals surface area contributed by atoms with E-state index in [0.717, 1.165) is 5.56 Å². The molecule has 0 unspecified atom stereocenters. The zero-order valence-electron chi connectivity index (χ0n) is 12.4. The summed E-state index contributed by atoms with van der Waals surface area (Å²) >= 11 is 0. The van der Waals surface area contributed by atoms with E-state index < -0.39 is 6.10 Å². The molecule has 0 amide bonds. The van der Waals surface area contributed by atoms with Crippen LogP contribution in [0.15, 0.2) is 30.3 Å². The Balaban J connectivity index is 1.71. The highest BCUT2D eigenvalue weighted by atomic mass is 16.7. The number of rotatable bonds is 2. The van der Waals surface area contributed by atoms with Gasteiger partial charge in [0.15, 0.2) is 17.3 Å². The van der Waals surface area contributed by atoms with Gasteiger partial charge in [-0.3, -0.25) is 4.79 Å². The number of aromatic hydroxyl groups is 1. The Kier molecular flexibility index (Phi) is 3.04. The first kappa shape index (κ1) is 13.8. The summed E-state index contributed by atoms with van der Waals surface area (Å²) in [5.41, 5.74) is 1.01. The van der Waals surface area contributed by atoms with Crippen LogP contribution in [0.5, 0.6) is 28.7 Å². The molecule has 2 aromatic rings. The smallest absolute Gasteiger partial charge is 0.231 e. The van der Waals surface area contributed by atoms with E-state index in [-0.39, 0.29) is 30.3 Å². The summed E-state index contributed by atoms with van der Waals surface area (Å²) in [6.07, 6.45) is -0.303. The van der Waals surface area contributed by atoms with Gasteiger partial charge in [-0.25, -0.2) is 0 Å². The van der Waals surface area contributed by atoms with Crippen molar-refractivity contribution in [2.24, 2.45) is 0 Å². The van der Waals surface area contributed by atoms with Crippen molar-refractivity contribution in [3.05, 3.63) is 41.5 Å². The van der Waals surface area contributed by atoms with Gasteiger partial charge in [-0.2, -0.15) is 0 Å². The van der Waals surface area contributed by atoms with Crippen LogP contribution in [-0.4, -0.2) is 24.8 Å². The minimum absolute atomic E-state index is 0.131. The first-order valence-electron chi connectivity index (χ1n) is 7.16. The largest absolute Gasteiger partial charge is 0.507 e. The molecular formula is C17H14O6. The second kappa shape index (κ2) is 5.08. The van der Waals surface area contributed by atoms with E-state index in [2.05, 4.69) is 0 Å². The SMILES string of the molecule is COc1cc(O)c2c(c1)O[C@@H](c1ccc3c(c1)OCO3)CC2=O. The molecule has 23 heavy (non-hydrogen) atoms. The molecule has 2 aliphatic heterocycles. The molecule has 0 radical (unpaired) electrons. The number of benzene rings is 2. The summed E-state index contributed by atoms with van der Waals surface area (Å²) in [5, 5.41) is 10.0. The van der Waals surface area contributed by atoms with Gasteiger partial charge in [-0.1, -0.05) is 6.07 Å². The Hall–Kier alpha value is -2.89. The van der Waals surface area contributed by atoms with Crippen LogP contribution in [0.2, 0.25) is 0 Å². The molecular weight excluding hydrogens is 300 g/mol. The summed E-state index contributed by atoms with van der Waals surface area (Å²) < 4.78 is 21.7. The summed E-state index contributed by atoms with van der Waals surface area (Å²) in [6, 6.07) is 8.46. The van der Waals surface area contributed by atoms with Crippen molar-refractivity contribution in [2.75, 3.05) is 13.9 Å². The summed E-state index contributed by atoms with van der Waals surface area (Å²) in [5.74, 6) is 1.76. The first-order valence-corrected chi connectivity index (χ1v) is 7.16. The van der Waals surface area contributed by atoms with Gasteiger partial charge in [0, 0.05) is 12.1 Å². The molecule has 0 spiro atoms. The van der Waals surface area contributed by atoms with Crippen LogP contribution in [0.4, 0.5) is 0 Å². The highest BCUT2D eigenvalue weighted by molar-refractivity contribution is 6.02. The number of phenolic OH excluding ortho intramolecular Hbond substituents is 1. The van der Waals surface area contributed by atoms with Crippen molar-refractivity contribution in [1.29, 1.82) is 0 Å². The number of phenols is 1. The lowest BCUT2D eigenvalue weighted by Crippen LogP contribution is -2.20. The maximum absolute atomic E-state index is 12.4. The Morgan fingerprint density at radius 1 is 1.13 bits per heavy atom. The van der Waals surface area contributed by atoms with Crippen LogP contribution in [0.3, 0.4) is 0 Å². The number of Topliss-reactive ketones (excluding diaryl/α,β-unsaturated/α-hetero) is 1. The molecule has 0 bridgehead atoms.